The van der Waals surface area contributed by atoms with Gasteiger partial charge >= 0.3 is 5.97 Å². The molecule has 0 aromatic heterocycles. The molecule has 4 heteroatoms. The van der Waals surface area contributed by atoms with Crippen molar-refractivity contribution in [3.63, 3.8) is 0 Å². The summed E-state index contributed by atoms with van der Waals surface area (Å²) in [7, 11) is 0. The molecule has 4 nitrogen and oxygen atoms in total. The van der Waals surface area contributed by atoms with Gasteiger partial charge in [-0.2, -0.15) is 0 Å². The molecule has 0 aliphatic heterocycles. The number of Topliss-reactive ketones (excluding diaryl/α,β-unsaturated/α-hetero) is 1. The van der Waals surface area contributed by atoms with E-state index in [9.17, 15) is 14.7 Å². The molecule has 0 heterocycles. The maximum atomic E-state index is 13.0. The minimum absolute atomic E-state index is 0.0538. The maximum Gasteiger partial charge on any atom is 0.322 e. The lowest BCUT2D eigenvalue weighted by Crippen LogP contribution is -2.35. The van der Waals surface area contributed by atoms with Crippen LogP contribution in [0.25, 0.3) is 11.1 Å². The summed E-state index contributed by atoms with van der Waals surface area (Å²) >= 11 is 0. The van der Waals surface area contributed by atoms with Crippen molar-refractivity contribution in [3.8, 4) is 16.9 Å². The van der Waals surface area contributed by atoms with Gasteiger partial charge in [-0.3, -0.25) is 9.59 Å². The molecule has 1 N–H and O–H groups in total. The fourth-order valence-electron chi connectivity index (χ4n) is 5.18. The van der Waals surface area contributed by atoms with E-state index in [0.717, 1.165) is 16.7 Å². The fraction of sp³-hybridized carbons (Fsp3) is 0.111. The quantitative estimate of drug-likeness (QED) is 0.169. The first kappa shape index (κ1) is 26.6. The van der Waals surface area contributed by atoms with Crippen LogP contribution in [-0.2, 0) is 16.8 Å². The van der Waals surface area contributed by atoms with Gasteiger partial charge in [0.2, 0.25) is 0 Å². The Balaban J connectivity index is 1.51. The number of hydrogen-bond donors (Lipinski definition) is 1. The molecule has 4 aromatic carbocycles. The van der Waals surface area contributed by atoms with E-state index in [4.69, 9.17) is 4.74 Å². The zero-order chi connectivity index (χ0) is 28.0. The zero-order valence-electron chi connectivity index (χ0n) is 22.1. The Morgan fingerprint density at radius 2 is 1.62 bits per heavy atom. The maximum absolute atomic E-state index is 13.0. The van der Waals surface area contributed by atoms with Crippen molar-refractivity contribution in [3.05, 3.63) is 162 Å². The van der Waals surface area contributed by atoms with Gasteiger partial charge in [0.25, 0.3) is 0 Å². The number of aliphatic carboxylic acids is 1. The van der Waals surface area contributed by atoms with Crippen molar-refractivity contribution >= 4 is 11.8 Å². The standard InChI is InChI=1S/C36H30O4/c1-2-36(35(38)39,30-18-10-5-11-19-30)31-21-22-33(26-13-6-3-7-14-26)29(23-31)25-40-32-20-12-17-28(24-32)34(37)27-15-8-4-9-16-27/h2-15,17-24,27H,1,16,25H2,(H,38,39). The predicted octanol–water partition coefficient (Wildman–Crippen LogP) is 7.80. The minimum Gasteiger partial charge on any atom is -0.489 e. The Morgan fingerprint density at radius 3 is 2.30 bits per heavy atom. The number of ether oxygens (including phenoxy) is 1. The highest BCUT2D eigenvalue weighted by atomic mass is 16.5. The number of carboxylic acid groups (broad SMARTS) is 1. The molecule has 4 aromatic rings. The van der Waals surface area contributed by atoms with Gasteiger partial charge in [-0.25, -0.2) is 0 Å². The summed E-state index contributed by atoms with van der Waals surface area (Å²) in [4.78, 5) is 25.8. The number of allylic oxidation sites excluding steroid dienone is 4. The largest absolute Gasteiger partial charge is 0.489 e. The summed E-state index contributed by atoms with van der Waals surface area (Å²) < 4.78 is 6.24. The third kappa shape index (κ3) is 5.29. The molecule has 2 unspecified atom stereocenters. The van der Waals surface area contributed by atoms with Crippen LogP contribution in [0.3, 0.4) is 0 Å². The molecule has 1 aliphatic carbocycles. The summed E-state index contributed by atoms with van der Waals surface area (Å²) in [6.07, 6.45) is 9.94. The van der Waals surface area contributed by atoms with E-state index < -0.39 is 11.4 Å². The van der Waals surface area contributed by atoms with Crippen LogP contribution in [0.4, 0.5) is 0 Å². The normalized spacial score (nSPS) is 15.7. The second-order valence-electron chi connectivity index (χ2n) is 9.76. The minimum atomic E-state index is -1.43. The number of benzene rings is 4. The number of rotatable bonds is 10. The number of hydrogen-bond acceptors (Lipinski definition) is 3. The zero-order valence-corrected chi connectivity index (χ0v) is 22.1. The topological polar surface area (TPSA) is 63.6 Å². The van der Waals surface area contributed by atoms with Gasteiger partial charge in [0, 0.05) is 11.5 Å². The van der Waals surface area contributed by atoms with E-state index in [1.165, 1.54) is 6.08 Å². The summed E-state index contributed by atoms with van der Waals surface area (Å²) in [6.45, 7) is 4.11. The van der Waals surface area contributed by atoms with Crippen molar-refractivity contribution in [2.24, 2.45) is 5.92 Å². The molecule has 0 radical (unpaired) electrons. The molecule has 1 aliphatic rings. The van der Waals surface area contributed by atoms with Crippen molar-refractivity contribution in [1.82, 2.24) is 0 Å². The number of carboxylic acids is 1. The first-order valence-electron chi connectivity index (χ1n) is 13.2. The summed E-state index contributed by atoms with van der Waals surface area (Å²) in [5.41, 5.74) is 3.12. The van der Waals surface area contributed by atoms with Gasteiger partial charge in [-0.15, -0.1) is 6.58 Å². The van der Waals surface area contributed by atoms with Gasteiger partial charge in [0.15, 0.2) is 5.78 Å². The van der Waals surface area contributed by atoms with Gasteiger partial charge in [0.05, 0.1) is 0 Å². The van der Waals surface area contributed by atoms with E-state index in [-0.39, 0.29) is 18.3 Å². The smallest absolute Gasteiger partial charge is 0.322 e. The highest BCUT2D eigenvalue weighted by molar-refractivity contribution is 5.99. The van der Waals surface area contributed by atoms with Crippen molar-refractivity contribution in [1.29, 1.82) is 0 Å². The Morgan fingerprint density at radius 1 is 0.875 bits per heavy atom. The molecule has 40 heavy (non-hydrogen) atoms. The molecule has 0 bridgehead atoms. The van der Waals surface area contributed by atoms with Crippen LogP contribution in [-0.4, -0.2) is 16.9 Å². The lowest BCUT2D eigenvalue weighted by molar-refractivity contribution is -0.140. The van der Waals surface area contributed by atoms with Crippen LogP contribution in [0, 0.1) is 5.92 Å². The van der Waals surface area contributed by atoms with Crippen LogP contribution < -0.4 is 4.74 Å². The fourth-order valence-corrected chi connectivity index (χ4v) is 5.18. The second kappa shape index (κ2) is 11.8. The van der Waals surface area contributed by atoms with E-state index in [1.54, 1.807) is 18.2 Å². The Bertz CT molecular complexity index is 1580. The lowest BCUT2D eigenvalue weighted by atomic mass is 9.73. The van der Waals surface area contributed by atoms with Gasteiger partial charge in [0.1, 0.15) is 17.8 Å². The van der Waals surface area contributed by atoms with E-state index in [0.29, 0.717) is 28.9 Å². The van der Waals surface area contributed by atoms with Crippen molar-refractivity contribution in [2.75, 3.05) is 0 Å². The number of ketones is 1. The average Bonchev–Trinajstić information content (AvgIpc) is 3.02. The SMILES string of the molecule is C=CC(C(=O)O)(c1ccccc1)c1ccc(-c2ccccc2)c(COc2cccc(C(=O)C3C=CC=CC3)c2)c1. The van der Waals surface area contributed by atoms with Crippen LogP contribution >= 0.6 is 0 Å². The average molecular weight is 527 g/mol. The van der Waals surface area contributed by atoms with Gasteiger partial charge in [-0.1, -0.05) is 115 Å². The monoisotopic (exact) mass is 526 g/mol. The number of carbonyl (C=O) groups excluding carboxylic acids is 1. The molecule has 0 spiro atoms. The lowest BCUT2D eigenvalue weighted by Gasteiger charge is -2.28. The van der Waals surface area contributed by atoms with E-state index in [2.05, 4.69) is 6.58 Å². The van der Waals surface area contributed by atoms with Gasteiger partial charge in [-0.05, 0) is 52.4 Å². The summed E-state index contributed by atoms with van der Waals surface area (Å²) in [5.74, 6) is -0.562. The first-order valence-corrected chi connectivity index (χ1v) is 13.2. The van der Waals surface area contributed by atoms with Crippen molar-refractivity contribution in [2.45, 2.75) is 18.4 Å². The molecular formula is C36H30O4. The molecule has 2 atom stereocenters. The summed E-state index contributed by atoms with van der Waals surface area (Å²) in [6, 6.07) is 31.9. The summed E-state index contributed by atoms with van der Waals surface area (Å²) in [5, 5.41) is 10.5. The molecule has 0 saturated carbocycles. The van der Waals surface area contributed by atoms with Crippen LogP contribution in [0.1, 0.15) is 33.5 Å². The van der Waals surface area contributed by atoms with Crippen LogP contribution in [0.15, 0.2) is 140 Å². The van der Waals surface area contributed by atoms with Crippen LogP contribution in [0.5, 0.6) is 5.75 Å². The molecule has 0 saturated heterocycles. The Kier molecular flexibility index (Phi) is 7.88. The molecule has 5 rings (SSSR count). The van der Waals surface area contributed by atoms with Gasteiger partial charge < -0.3 is 9.84 Å². The van der Waals surface area contributed by atoms with E-state index >= 15 is 0 Å². The molecule has 198 valence electrons. The van der Waals surface area contributed by atoms with Crippen molar-refractivity contribution < 1.29 is 19.4 Å². The van der Waals surface area contributed by atoms with E-state index in [1.807, 2.05) is 109 Å². The third-order valence-corrected chi connectivity index (χ3v) is 7.35. The Labute approximate surface area is 234 Å². The molecular weight excluding hydrogens is 496 g/mol. The predicted molar refractivity (Wildman–Crippen MR) is 158 cm³/mol. The first-order chi connectivity index (χ1) is 19.5. The second-order valence-corrected chi connectivity index (χ2v) is 9.76. The third-order valence-electron chi connectivity index (χ3n) is 7.35. The highest BCUT2D eigenvalue weighted by Gasteiger charge is 2.39. The molecule has 0 amide bonds. The molecule has 0 fully saturated rings. The Hall–Kier alpha value is -4.96. The van der Waals surface area contributed by atoms with Crippen LogP contribution in [0.2, 0.25) is 0 Å². The highest BCUT2D eigenvalue weighted by Crippen LogP contribution is 2.37. The number of carbonyl (C=O) groups is 2.